The van der Waals surface area contributed by atoms with Gasteiger partial charge >= 0.3 is 0 Å². The van der Waals surface area contributed by atoms with E-state index >= 15 is 0 Å². The molecule has 0 saturated heterocycles. The van der Waals surface area contributed by atoms with E-state index in [1.165, 1.54) is 12.8 Å². The molecule has 0 aliphatic heterocycles. The molecule has 1 aromatic heterocycles. The minimum atomic E-state index is 0.174. The van der Waals surface area contributed by atoms with Crippen molar-refractivity contribution in [1.29, 1.82) is 0 Å². The summed E-state index contributed by atoms with van der Waals surface area (Å²) >= 11 is 1.58. The highest BCUT2D eigenvalue weighted by atomic mass is 32.2. The molecule has 2 aromatic rings. The minimum Gasteiger partial charge on any atom is -0.431 e. The topological polar surface area (TPSA) is 58.6 Å². The molecule has 5 heteroatoms. The number of nitrogens with zero attached hydrogens (tertiary/aromatic N) is 2. The Bertz CT molecular complexity index is 576. The van der Waals surface area contributed by atoms with Crippen LogP contribution in [-0.4, -0.2) is 21.2 Å². The van der Waals surface area contributed by atoms with Crippen LogP contribution < -0.4 is 0 Å². The average molecular weight is 290 g/mol. The van der Waals surface area contributed by atoms with Crippen LogP contribution in [0.15, 0.2) is 39.1 Å². The van der Waals surface area contributed by atoms with Gasteiger partial charge in [-0.3, -0.25) is 0 Å². The lowest BCUT2D eigenvalue weighted by atomic mass is 9.99. The molecule has 1 unspecified atom stereocenters. The molecule has 1 aromatic carbocycles. The number of hydrogen-bond donors (Lipinski definition) is 1. The fraction of sp³-hybridized carbons (Fsp3) is 0.467. The van der Waals surface area contributed by atoms with Gasteiger partial charge in [0.25, 0.3) is 5.22 Å². The summed E-state index contributed by atoms with van der Waals surface area (Å²) in [6.07, 6.45) is 6.63. The third-order valence-electron chi connectivity index (χ3n) is 3.67. The van der Waals surface area contributed by atoms with Crippen molar-refractivity contribution in [2.24, 2.45) is 5.16 Å². The first kappa shape index (κ1) is 13.5. The Morgan fingerprint density at radius 2 is 2.05 bits per heavy atom. The summed E-state index contributed by atoms with van der Waals surface area (Å²) in [4.78, 5) is 4.49. The SMILES string of the molecule is ON=C1CCCCCCC1Sc1nc2ccccc2o1. The quantitative estimate of drug-likeness (QED) is 0.654. The zero-order valence-electron chi connectivity index (χ0n) is 11.3. The van der Waals surface area contributed by atoms with E-state index in [2.05, 4.69) is 10.1 Å². The Kier molecular flexibility index (Phi) is 4.25. The Balaban J connectivity index is 1.79. The number of oxazole rings is 1. The van der Waals surface area contributed by atoms with Crippen LogP contribution in [0.25, 0.3) is 11.1 Å². The van der Waals surface area contributed by atoms with Gasteiger partial charge in [-0.1, -0.05) is 48.3 Å². The highest BCUT2D eigenvalue weighted by Crippen LogP contribution is 2.32. The summed E-state index contributed by atoms with van der Waals surface area (Å²) in [5.41, 5.74) is 2.56. The number of para-hydroxylation sites is 2. The average Bonchev–Trinajstić information content (AvgIpc) is 2.84. The number of aromatic nitrogens is 1. The van der Waals surface area contributed by atoms with Crippen molar-refractivity contribution in [3.63, 3.8) is 0 Å². The second-order valence-corrected chi connectivity index (χ2v) is 6.25. The molecule has 1 aliphatic rings. The smallest absolute Gasteiger partial charge is 0.257 e. The van der Waals surface area contributed by atoms with Crippen LogP contribution in [0, 0.1) is 0 Å². The van der Waals surface area contributed by atoms with E-state index in [1.54, 1.807) is 11.8 Å². The van der Waals surface area contributed by atoms with Crippen LogP contribution in [0.2, 0.25) is 0 Å². The lowest BCUT2D eigenvalue weighted by molar-refractivity contribution is 0.315. The van der Waals surface area contributed by atoms with E-state index in [1.807, 2.05) is 24.3 Å². The van der Waals surface area contributed by atoms with Gasteiger partial charge in [0.05, 0.1) is 11.0 Å². The summed E-state index contributed by atoms with van der Waals surface area (Å²) in [7, 11) is 0. The van der Waals surface area contributed by atoms with Crippen LogP contribution in [0.4, 0.5) is 0 Å². The van der Waals surface area contributed by atoms with Crippen molar-refractivity contribution in [3.8, 4) is 0 Å². The molecule has 3 rings (SSSR count). The van der Waals surface area contributed by atoms with Crippen LogP contribution in [0.1, 0.15) is 38.5 Å². The second kappa shape index (κ2) is 6.31. The molecule has 1 saturated carbocycles. The summed E-state index contributed by atoms with van der Waals surface area (Å²) in [5, 5.41) is 13.6. The van der Waals surface area contributed by atoms with E-state index in [0.717, 1.165) is 42.5 Å². The molecule has 1 N–H and O–H groups in total. The normalized spacial score (nSPS) is 22.8. The highest BCUT2D eigenvalue weighted by Gasteiger charge is 2.22. The maximum Gasteiger partial charge on any atom is 0.257 e. The van der Waals surface area contributed by atoms with Gasteiger partial charge in [-0.2, -0.15) is 0 Å². The number of hydrogen-bond acceptors (Lipinski definition) is 5. The van der Waals surface area contributed by atoms with Gasteiger partial charge in [-0.05, 0) is 31.4 Å². The zero-order valence-corrected chi connectivity index (χ0v) is 12.1. The molecule has 106 valence electrons. The van der Waals surface area contributed by atoms with E-state index in [-0.39, 0.29) is 5.25 Å². The molecule has 0 radical (unpaired) electrons. The number of benzene rings is 1. The Hall–Kier alpha value is -1.49. The van der Waals surface area contributed by atoms with Gasteiger partial charge in [-0.15, -0.1) is 0 Å². The fourth-order valence-corrected chi connectivity index (χ4v) is 3.70. The molecule has 1 heterocycles. The second-order valence-electron chi connectivity index (χ2n) is 5.10. The van der Waals surface area contributed by atoms with Crippen LogP contribution in [0.3, 0.4) is 0 Å². The van der Waals surface area contributed by atoms with Crippen molar-refractivity contribution >= 4 is 28.6 Å². The zero-order chi connectivity index (χ0) is 13.8. The Morgan fingerprint density at radius 1 is 1.20 bits per heavy atom. The maximum absolute atomic E-state index is 9.22. The Morgan fingerprint density at radius 3 is 2.90 bits per heavy atom. The summed E-state index contributed by atoms with van der Waals surface area (Å²) in [5.74, 6) is 0. The fourth-order valence-electron chi connectivity index (χ4n) is 2.58. The number of rotatable bonds is 2. The molecule has 1 atom stereocenters. The molecular formula is C15H18N2O2S. The van der Waals surface area contributed by atoms with E-state index in [4.69, 9.17) is 4.42 Å². The first-order chi connectivity index (χ1) is 9.86. The van der Waals surface area contributed by atoms with Crippen LogP contribution >= 0.6 is 11.8 Å². The lowest BCUT2D eigenvalue weighted by Crippen LogP contribution is -2.19. The van der Waals surface area contributed by atoms with Gasteiger partial charge in [0.15, 0.2) is 5.58 Å². The van der Waals surface area contributed by atoms with E-state index < -0.39 is 0 Å². The van der Waals surface area contributed by atoms with Gasteiger partial charge < -0.3 is 9.62 Å². The molecule has 0 spiro atoms. The number of fused-ring (bicyclic) bond motifs is 1. The molecule has 1 aliphatic carbocycles. The standard InChI is InChI=1S/C15H18N2O2S/c18-17-12-8-3-1-2-4-10-14(12)20-15-16-11-7-5-6-9-13(11)19-15/h5-7,9,14,18H,1-4,8,10H2. The molecule has 0 amide bonds. The van der Waals surface area contributed by atoms with Crippen LogP contribution in [0.5, 0.6) is 0 Å². The summed E-state index contributed by atoms with van der Waals surface area (Å²) in [6.45, 7) is 0. The van der Waals surface area contributed by atoms with Gasteiger partial charge in [0.1, 0.15) is 5.52 Å². The Labute approximate surface area is 122 Å². The minimum absolute atomic E-state index is 0.174. The third kappa shape index (κ3) is 2.98. The molecule has 0 bridgehead atoms. The van der Waals surface area contributed by atoms with Crippen molar-refractivity contribution in [2.45, 2.75) is 49.0 Å². The molecule has 20 heavy (non-hydrogen) atoms. The van der Waals surface area contributed by atoms with E-state index in [9.17, 15) is 5.21 Å². The largest absolute Gasteiger partial charge is 0.431 e. The first-order valence-electron chi connectivity index (χ1n) is 7.10. The lowest BCUT2D eigenvalue weighted by Gasteiger charge is -2.18. The maximum atomic E-state index is 9.22. The van der Waals surface area contributed by atoms with Crippen LogP contribution in [-0.2, 0) is 0 Å². The summed E-state index contributed by atoms with van der Waals surface area (Å²) in [6, 6.07) is 7.77. The van der Waals surface area contributed by atoms with Crippen molar-refractivity contribution in [2.75, 3.05) is 0 Å². The first-order valence-corrected chi connectivity index (χ1v) is 7.98. The van der Waals surface area contributed by atoms with Crippen molar-refractivity contribution < 1.29 is 9.62 Å². The monoisotopic (exact) mass is 290 g/mol. The molecule has 1 fully saturated rings. The van der Waals surface area contributed by atoms with Gasteiger partial charge in [-0.25, -0.2) is 4.98 Å². The van der Waals surface area contributed by atoms with Gasteiger partial charge in [0.2, 0.25) is 0 Å². The summed E-state index contributed by atoms with van der Waals surface area (Å²) < 4.78 is 5.75. The number of thioether (sulfide) groups is 1. The predicted octanol–water partition coefficient (Wildman–Crippen LogP) is 4.47. The van der Waals surface area contributed by atoms with Crippen molar-refractivity contribution in [3.05, 3.63) is 24.3 Å². The van der Waals surface area contributed by atoms with Crippen molar-refractivity contribution in [1.82, 2.24) is 4.98 Å². The third-order valence-corrected chi connectivity index (χ3v) is 4.84. The predicted molar refractivity (Wildman–Crippen MR) is 80.6 cm³/mol. The van der Waals surface area contributed by atoms with E-state index in [0.29, 0.717) is 5.22 Å². The highest BCUT2D eigenvalue weighted by molar-refractivity contribution is 8.00. The number of oxime groups is 1. The molecule has 4 nitrogen and oxygen atoms in total. The molecular weight excluding hydrogens is 272 g/mol. The van der Waals surface area contributed by atoms with Gasteiger partial charge in [0, 0.05) is 0 Å².